The minimum Gasteiger partial charge on any atom is -0.458 e. The molecule has 1 aromatic rings. The molecule has 6 atom stereocenters. The maximum absolute atomic E-state index is 14.3. The Labute approximate surface area is 267 Å². The lowest BCUT2D eigenvalue weighted by molar-refractivity contribution is -0.235. The second kappa shape index (κ2) is 12.0. The Morgan fingerprint density at radius 2 is 1.72 bits per heavy atom. The van der Waals surface area contributed by atoms with Gasteiger partial charge >= 0.3 is 5.97 Å². The largest absolute Gasteiger partial charge is 0.458 e. The van der Waals surface area contributed by atoms with Gasteiger partial charge in [0.15, 0.2) is 11.8 Å². The van der Waals surface area contributed by atoms with Crippen LogP contribution in [-0.2, 0) is 44.8 Å². The highest BCUT2D eigenvalue weighted by atomic mass is 16.8. The summed E-state index contributed by atoms with van der Waals surface area (Å²) in [6.45, 7) is 0.216. The zero-order valence-corrected chi connectivity index (χ0v) is 26.2. The number of carbonyl (C=O) groups excluding carboxylic acids is 4. The van der Waals surface area contributed by atoms with Crippen LogP contribution in [0.3, 0.4) is 0 Å². The number of nitrogens with one attached hydrogen (secondary N) is 2. The zero-order chi connectivity index (χ0) is 32.2. The summed E-state index contributed by atoms with van der Waals surface area (Å²) in [7, 11) is 3.38. The monoisotopic (exact) mass is 638 g/mol. The second-order valence-electron chi connectivity index (χ2n) is 13.5. The van der Waals surface area contributed by atoms with Crippen LogP contribution in [0.5, 0.6) is 0 Å². The molecule has 3 amide bonds. The molecule has 3 aliphatic carbocycles. The summed E-state index contributed by atoms with van der Waals surface area (Å²) in [5, 5.41) is 16.0. The van der Waals surface area contributed by atoms with Crippen molar-refractivity contribution < 1.29 is 43.3 Å². The maximum Gasteiger partial charge on any atom is 0.327 e. The van der Waals surface area contributed by atoms with Crippen LogP contribution in [0.1, 0.15) is 49.7 Å². The Morgan fingerprint density at radius 3 is 2.37 bits per heavy atom. The van der Waals surface area contributed by atoms with Gasteiger partial charge < -0.3 is 34.9 Å². The smallest absolute Gasteiger partial charge is 0.327 e. The van der Waals surface area contributed by atoms with Gasteiger partial charge in [-0.3, -0.25) is 24.0 Å². The van der Waals surface area contributed by atoms with E-state index in [4.69, 9.17) is 24.2 Å². The van der Waals surface area contributed by atoms with Gasteiger partial charge in [0.2, 0.25) is 17.7 Å². The molecule has 7 rings (SSSR count). The van der Waals surface area contributed by atoms with Crippen molar-refractivity contribution in [2.24, 2.45) is 17.3 Å². The van der Waals surface area contributed by atoms with Crippen LogP contribution < -0.4 is 10.6 Å². The topological polar surface area (TPSA) is 156 Å². The average molecular weight is 639 g/mol. The van der Waals surface area contributed by atoms with Crippen molar-refractivity contribution in [3.8, 4) is 0 Å². The summed E-state index contributed by atoms with van der Waals surface area (Å²) in [6.07, 6.45) is 4.91. The van der Waals surface area contributed by atoms with Crippen LogP contribution >= 0.6 is 0 Å². The van der Waals surface area contributed by atoms with E-state index in [1.165, 1.54) is 11.0 Å². The van der Waals surface area contributed by atoms with Crippen molar-refractivity contribution in [2.45, 2.75) is 81.3 Å². The first kappa shape index (κ1) is 31.3. The molecule has 3 saturated carbocycles. The summed E-state index contributed by atoms with van der Waals surface area (Å²) in [6, 6.07) is 6.50. The van der Waals surface area contributed by atoms with Gasteiger partial charge in [-0.1, -0.05) is 24.3 Å². The number of hydroxylamine groups is 2. The molecule has 2 bridgehead atoms. The van der Waals surface area contributed by atoms with Gasteiger partial charge in [-0.15, -0.1) is 0 Å². The molecule has 0 radical (unpaired) electrons. The molecule has 0 unspecified atom stereocenters. The summed E-state index contributed by atoms with van der Waals surface area (Å²) >= 11 is 0. The van der Waals surface area contributed by atoms with E-state index in [1.807, 2.05) is 24.3 Å². The van der Waals surface area contributed by atoms with Crippen LogP contribution in [0.15, 0.2) is 30.3 Å². The van der Waals surface area contributed by atoms with E-state index in [0.29, 0.717) is 0 Å². The highest BCUT2D eigenvalue weighted by Crippen LogP contribution is 2.63. The lowest BCUT2D eigenvalue weighted by atomic mass is 9.62. The summed E-state index contributed by atoms with van der Waals surface area (Å²) in [5.41, 5.74) is 0.362. The lowest BCUT2D eigenvalue weighted by Crippen LogP contribution is -2.69. The van der Waals surface area contributed by atoms with Gasteiger partial charge in [0.25, 0.3) is 0 Å². The first-order valence-electron chi connectivity index (χ1n) is 16.3. The van der Waals surface area contributed by atoms with Gasteiger partial charge in [-0.2, -0.15) is 5.06 Å². The molecule has 3 saturated heterocycles. The number of aliphatic hydroxyl groups is 1. The van der Waals surface area contributed by atoms with E-state index < -0.39 is 47.6 Å². The lowest BCUT2D eigenvalue weighted by Gasteiger charge is -2.48. The molecule has 13 heteroatoms. The third kappa shape index (κ3) is 5.41. The number of likely N-dealkylation sites (N-methyl/N-ethyl adjacent to an activating group) is 1. The highest BCUT2D eigenvalue weighted by molar-refractivity contribution is 5.94. The molecule has 13 nitrogen and oxygen atoms in total. The molecule has 3 N–H and O–H groups in total. The van der Waals surface area contributed by atoms with Crippen LogP contribution in [-0.4, -0.2) is 109 Å². The van der Waals surface area contributed by atoms with Crippen LogP contribution in [0, 0.1) is 17.3 Å². The maximum atomic E-state index is 14.3. The fourth-order valence-corrected chi connectivity index (χ4v) is 7.64. The standard InChI is InChI=1S/C33H42N4O9/c1-36(2)25(40)12-7-19-3-5-20(6-4-19)18-37-28-30(41)43-23-17-32(28,31(42)35-14-13-24(39)34-15-16-38)29(46-37)27-26(23)44-33(45-27,21-8-9-21)22-10-11-22/h3-7,12,21-23,26-29,38H,8-11,13-18H2,1-2H3,(H,34,39)(H,35,42)/t23-,26+,27+,28+,29-,32+/m1/s1. The van der Waals surface area contributed by atoms with E-state index in [2.05, 4.69) is 10.6 Å². The van der Waals surface area contributed by atoms with Crippen molar-refractivity contribution in [3.63, 3.8) is 0 Å². The van der Waals surface area contributed by atoms with E-state index in [-0.39, 0.29) is 68.6 Å². The van der Waals surface area contributed by atoms with Crippen LogP contribution in [0.25, 0.3) is 6.08 Å². The minimum atomic E-state index is -1.31. The average Bonchev–Trinajstić information content (AvgIpc) is 3.98. The molecule has 6 aliphatic rings. The minimum absolute atomic E-state index is 0.0225. The van der Waals surface area contributed by atoms with E-state index in [9.17, 15) is 19.2 Å². The van der Waals surface area contributed by atoms with Crippen LogP contribution in [0.4, 0.5) is 0 Å². The van der Waals surface area contributed by atoms with E-state index in [1.54, 1.807) is 25.2 Å². The van der Waals surface area contributed by atoms with Gasteiger partial charge in [-0.05, 0) is 42.9 Å². The van der Waals surface area contributed by atoms with Crippen molar-refractivity contribution in [2.75, 3.05) is 33.8 Å². The SMILES string of the molecule is CN(C)C(=O)C=Cc1ccc(CN2O[C@@H]3[C@H]4OC(C5CC5)(C5CC5)O[C@H]4[C@H]4C[C@]3(C(=O)NCCC(=O)NCCO)[C@@H]2C(=O)O4)cc1. The fraction of sp³-hybridized carbons (Fsp3) is 0.636. The number of fused-ring (bicyclic) bond motifs is 4. The quantitative estimate of drug-likeness (QED) is 0.218. The molecule has 0 aromatic heterocycles. The number of ether oxygens (including phenoxy) is 3. The summed E-state index contributed by atoms with van der Waals surface area (Å²) in [5.74, 6) is -1.55. The summed E-state index contributed by atoms with van der Waals surface area (Å²) < 4.78 is 19.7. The Hall–Kier alpha value is -3.36. The Kier molecular flexibility index (Phi) is 8.17. The number of hydrogen-bond donors (Lipinski definition) is 3. The molecular weight excluding hydrogens is 596 g/mol. The van der Waals surface area contributed by atoms with E-state index in [0.717, 1.165) is 36.8 Å². The first-order valence-corrected chi connectivity index (χ1v) is 16.3. The number of nitrogens with zero attached hydrogens (tertiary/aromatic N) is 2. The number of aliphatic hydroxyl groups excluding tert-OH is 1. The molecular formula is C33H42N4O9. The van der Waals surface area contributed by atoms with Gasteiger partial charge in [0.05, 0.1) is 13.2 Å². The third-order valence-corrected chi connectivity index (χ3v) is 10.2. The molecule has 0 spiro atoms. The third-order valence-electron chi connectivity index (χ3n) is 10.2. The number of amides is 3. The first-order chi connectivity index (χ1) is 22.2. The summed E-state index contributed by atoms with van der Waals surface area (Å²) in [4.78, 5) is 60.3. The molecule has 248 valence electrons. The Bertz CT molecular complexity index is 1400. The molecule has 3 aliphatic heterocycles. The Morgan fingerprint density at radius 1 is 1.02 bits per heavy atom. The van der Waals surface area contributed by atoms with Crippen molar-refractivity contribution >= 4 is 29.8 Å². The van der Waals surface area contributed by atoms with Crippen molar-refractivity contribution in [1.29, 1.82) is 0 Å². The second-order valence-corrected chi connectivity index (χ2v) is 13.5. The number of carbonyl (C=O) groups is 4. The van der Waals surface area contributed by atoms with Crippen molar-refractivity contribution in [3.05, 3.63) is 41.5 Å². The van der Waals surface area contributed by atoms with E-state index >= 15 is 0 Å². The molecule has 3 heterocycles. The normalized spacial score (nSPS) is 32.6. The van der Waals surface area contributed by atoms with Crippen molar-refractivity contribution in [1.82, 2.24) is 20.6 Å². The molecule has 46 heavy (non-hydrogen) atoms. The Balaban J connectivity index is 1.15. The number of hydrogen-bond acceptors (Lipinski definition) is 10. The van der Waals surface area contributed by atoms with Crippen LogP contribution in [0.2, 0.25) is 0 Å². The number of rotatable bonds is 12. The fourth-order valence-electron chi connectivity index (χ4n) is 7.64. The predicted octanol–water partition coefficient (Wildman–Crippen LogP) is 0.503. The molecule has 6 fully saturated rings. The number of benzene rings is 1. The van der Waals surface area contributed by atoms with Gasteiger partial charge in [-0.25, -0.2) is 0 Å². The van der Waals surface area contributed by atoms with Gasteiger partial charge in [0.1, 0.15) is 29.8 Å². The highest BCUT2D eigenvalue weighted by Gasteiger charge is 2.78. The predicted molar refractivity (Wildman–Crippen MR) is 161 cm³/mol. The molecule has 1 aromatic carbocycles. The number of esters is 1. The van der Waals surface area contributed by atoms with Gasteiger partial charge in [0, 0.05) is 57.9 Å². The zero-order valence-electron chi connectivity index (χ0n) is 26.2.